The minimum atomic E-state index is -3.60. The van der Waals surface area contributed by atoms with E-state index < -0.39 is 15.7 Å². The average Bonchev–Trinajstić information content (AvgIpc) is 3.09. The molecule has 1 heterocycles. The Morgan fingerprint density at radius 2 is 1.48 bits per heavy atom. The van der Waals surface area contributed by atoms with Crippen molar-refractivity contribution in [3.63, 3.8) is 0 Å². The number of rotatable bonds is 6. The molecule has 0 aliphatic rings. The first kappa shape index (κ1) is 19.5. The molecule has 0 fully saturated rings. The number of sulfone groups is 1. The SMILES string of the molecule is O=C(NCc1ccc(Cl)cc1)c1ccc(CS(=O)(=O)c2ccc(Cl)cc2)o1. The van der Waals surface area contributed by atoms with Crippen LogP contribution in [0.4, 0.5) is 0 Å². The minimum absolute atomic E-state index is 0.0465. The first-order chi connectivity index (χ1) is 12.8. The van der Waals surface area contributed by atoms with Crippen molar-refractivity contribution in [3.05, 3.63) is 87.8 Å². The molecule has 27 heavy (non-hydrogen) atoms. The summed E-state index contributed by atoms with van der Waals surface area (Å²) in [4.78, 5) is 12.3. The highest BCUT2D eigenvalue weighted by atomic mass is 35.5. The van der Waals surface area contributed by atoms with Crippen LogP contribution in [-0.2, 0) is 22.1 Å². The second-order valence-corrected chi connectivity index (χ2v) is 8.65. The third-order valence-electron chi connectivity index (χ3n) is 3.76. The van der Waals surface area contributed by atoms with Crippen LogP contribution in [0.3, 0.4) is 0 Å². The highest BCUT2D eigenvalue weighted by molar-refractivity contribution is 7.90. The van der Waals surface area contributed by atoms with Crippen LogP contribution in [0.1, 0.15) is 21.9 Å². The summed E-state index contributed by atoms with van der Waals surface area (Å²) in [5.74, 6) is -0.550. The Bertz CT molecular complexity index is 1040. The van der Waals surface area contributed by atoms with Crippen molar-refractivity contribution in [3.8, 4) is 0 Å². The number of furan rings is 1. The van der Waals surface area contributed by atoms with E-state index in [-0.39, 0.29) is 22.2 Å². The van der Waals surface area contributed by atoms with Crippen molar-refractivity contribution in [2.45, 2.75) is 17.2 Å². The van der Waals surface area contributed by atoms with E-state index in [1.165, 1.54) is 36.4 Å². The van der Waals surface area contributed by atoms with Crippen LogP contribution in [0.25, 0.3) is 0 Å². The maximum atomic E-state index is 12.4. The molecular formula is C19H15Cl2NO4S. The molecule has 0 spiro atoms. The summed E-state index contributed by atoms with van der Waals surface area (Å²) in [6.45, 7) is 0.301. The van der Waals surface area contributed by atoms with Crippen molar-refractivity contribution in [2.75, 3.05) is 0 Å². The number of nitrogens with one attached hydrogen (secondary N) is 1. The molecule has 0 atom stereocenters. The second kappa shape index (κ2) is 8.17. The highest BCUT2D eigenvalue weighted by Gasteiger charge is 2.19. The Balaban J connectivity index is 1.64. The summed E-state index contributed by atoms with van der Waals surface area (Å²) in [6.07, 6.45) is 0. The van der Waals surface area contributed by atoms with Gasteiger partial charge in [0.1, 0.15) is 11.5 Å². The van der Waals surface area contributed by atoms with Gasteiger partial charge in [-0.15, -0.1) is 0 Å². The lowest BCUT2D eigenvalue weighted by Gasteiger charge is -2.04. The second-order valence-electron chi connectivity index (χ2n) is 5.79. The largest absolute Gasteiger partial charge is 0.455 e. The van der Waals surface area contributed by atoms with Crippen molar-refractivity contribution in [1.29, 1.82) is 0 Å². The quantitative estimate of drug-likeness (QED) is 0.633. The van der Waals surface area contributed by atoms with Gasteiger partial charge in [0.15, 0.2) is 15.6 Å². The molecule has 0 unspecified atom stereocenters. The van der Waals surface area contributed by atoms with Gasteiger partial charge in [0, 0.05) is 16.6 Å². The molecule has 1 N–H and O–H groups in total. The van der Waals surface area contributed by atoms with Gasteiger partial charge in [-0.1, -0.05) is 35.3 Å². The molecule has 8 heteroatoms. The Hall–Kier alpha value is -2.28. The molecule has 0 saturated heterocycles. The van der Waals surface area contributed by atoms with E-state index in [2.05, 4.69) is 5.32 Å². The van der Waals surface area contributed by atoms with Crippen LogP contribution in [0.15, 0.2) is 70.0 Å². The molecule has 0 radical (unpaired) electrons. The number of benzene rings is 2. The highest BCUT2D eigenvalue weighted by Crippen LogP contribution is 2.20. The molecular weight excluding hydrogens is 409 g/mol. The Morgan fingerprint density at radius 3 is 2.11 bits per heavy atom. The van der Waals surface area contributed by atoms with E-state index in [0.29, 0.717) is 16.6 Å². The van der Waals surface area contributed by atoms with E-state index in [1.807, 2.05) is 0 Å². The third-order valence-corrected chi connectivity index (χ3v) is 5.92. The van der Waals surface area contributed by atoms with Crippen molar-refractivity contribution in [1.82, 2.24) is 5.32 Å². The fourth-order valence-electron chi connectivity index (χ4n) is 2.36. The Kier molecular flexibility index (Phi) is 5.89. The van der Waals surface area contributed by atoms with Gasteiger partial charge in [0.05, 0.1) is 4.90 Å². The van der Waals surface area contributed by atoms with Crippen molar-refractivity contribution < 1.29 is 17.6 Å². The summed E-state index contributed by atoms with van der Waals surface area (Å²) in [5, 5.41) is 3.77. The first-order valence-corrected chi connectivity index (χ1v) is 10.3. The first-order valence-electron chi connectivity index (χ1n) is 7.93. The Morgan fingerprint density at radius 1 is 0.889 bits per heavy atom. The van der Waals surface area contributed by atoms with E-state index in [1.54, 1.807) is 24.3 Å². The molecule has 3 aromatic rings. The maximum absolute atomic E-state index is 12.4. The molecule has 0 aliphatic carbocycles. The summed E-state index contributed by atoms with van der Waals surface area (Å²) < 4.78 is 30.2. The lowest BCUT2D eigenvalue weighted by Crippen LogP contribution is -2.22. The Labute approximate surface area is 166 Å². The zero-order chi connectivity index (χ0) is 19.4. The number of hydrogen-bond donors (Lipinski definition) is 1. The lowest BCUT2D eigenvalue weighted by atomic mass is 10.2. The zero-order valence-electron chi connectivity index (χ0n) is 14.0. The van der Waals surface area contributed by atoms with Gasteiger partial charge in [0.25, 0.3) is 5.91 Å². The van der Waals surface area contributed by atoms with E-state index in [4.69, 9.17) is 27.6 Å². The smallest absolute Gasteiger partial charge is 0.287 e. The number of carbonyl (C=O) groups is 1. The molecule has 3 rings (SSSR count). The number of carbonyl (C=O) groups excluding carboxylic acids is 1. The molecule has 1 aromatic heterocycles. The standard InChI is InChI=1S/C19H15Cl2NO4S/c20-14-3-1-13(2-4-14)11-22-19(23)18-10-7-16(26-18)12-27(24,25)17-8-5-15(21)6-9-17/h1-10H,11-12H2,(H,22,23). The predicted molar refractivity (Wildman–Crippen MR) is 104 cm³/mol. The minimum Gasteiger partial charge on any atom is -0.455 e. The molecule has 1 amide bonds. The molecule has 0 bridgehead atoms. The lowest BCUT2D eigenvalue weighted by molar-refractivity contribution is 0.0921. The van der Waals surface area contributed by atoms with Crippen LogP contribution in [-0.4, -0.2) is 14.3 Å². The fraction of sp³-hybridized carbons (Fsp3) is 0.105. The van der Waals surface area contributed by atoms with E-state index in [0.717, 1.165) is 5.56 Å². The summed E-state index contributed by atoms with van der Waals surface area (Å²) in [6, 6.07) is 15.9. The van der Waals surface area contributed by atoms with Gasteiger partial charge >= 0.3 is 0 Å². The van der Waals surface area contributed by atoms with Crippen LogP contribution >= 0.6 is 23.2 Å². The number of amides is 1. The molecule has 0 saturated carbocycles. The summed E-state index contributed by atoms with van der Waals surface area (Å²) in [5.41, 5.74) is 0.879. The molecule has 0 aliphatic heterocycles. The zero-order valence-corrected chi connectivity index (χ0v) is 16.3. The summed E-state index contributed by atoms with van der Waals surface area (Å²) >= 11 is 11.6. The van der Waals surface area contributed by atoms with Gasteiger partial charge in [-0.2, -0.15) is 0 Å². The normalized spacial score (nSPS) is 11.3. The topological polar surface area (TPSA) is 76.4 Å². The van der Waals surface area contributed by atoms with Crippen molar-refractivity contribution >= 4 is 38.9 Å². The van der Waals surface area contributed by atoms with Crippen molar-refractivity contribution in [2.24, 2.45) is 0 Å². The van der Waals surface area contributed by atoms with Crippen LogP contribution in [0, 0.1) is 0 Å². The van der Waals surface area contributed by atoms with Gasteiger partial charge in [-0.25, -0.2) is 8.42 Å². The predicted octanol–water partition coefficient (Wildman–Crippen LogP) is 4.49. The van der Waals surface area contributed by atoms with Gasteiger partial charge in [-0.05, 0) is 54.1 Å². The average molecular weight is 424 g/mol. The summed E-state index contributed by atoms with van der Waals surface area (Å²) in [7, 11) is -3.60. The van der Waals surface area contributed by atoms with E-state index in [9.17, 15) is 13.2 Å². The van der Waals surface area contributed by atoms with Crippen LogP contribution in [0.2, 0.25) is 10.0 Å². The maximum Gasteiger partial charge on any atom is 0.287 e. The molecule has 5 nitrogen and oxygen atoms in total. The third kappa shape index (κ3) is 5.13. The van der Waals surface area contributed by atoms with Gasteiger partial charge < -0.3 is 9.73 Å². The van der Waals surface area contributed by atoms with Gasteiger partial charge in [0.2, 0.25) is 0 Å². The van der Waals surface area contributed by atoms with Crippen LogP contribution < -0.4 is 5.32 Å². The number of hydrogen-bond acceptors (Lipinski definition) is 4. The van der Waals surface area contributed by atoms with E-state index >= 15 is 0 Å². The fourth-order valence-corrected chi connectivity index (χ4v) is 3.86. The number of halogens is 2. The van der Waals surface area contributed by atoms with Crippen LogP contribution in [0.5, 0.6) is 0 Å². The van der Waals surface area contributed by atoms with Gasteiger partial charge in [-0.3, -0.25) is 4.79 Å². The molecule has 140 valence electrons. The molecule has 2 aromatic carbocycles. The monoisotopic (exact) mass is 423 g/mol.